The molecule has 1 fully saturated rings. The molecular formula is C14H20N4O. The van der Waals surface area contributed by atoms with Gasteiger partial charge in [-0.1, -0.05) is 12.8 Å². The van der Waals surface area contributed by atoms with E-state index in [1.54, 1.807) is 6.07 Å². The van der Waals surface area contributed by atoms with E-state index in [1.165, 1.54) is 19.0 Å². The number of hydrogen-bond donors (Lipinski definition) is 3. The summed E-state index contributed by atoms with van der Waals surface area (Å²) in [5.41, 5.74) is 6.82. The van der Waals surface area contributed by atoms with Gasteiger partial charge in [-0.3, -0.25) is 0 Å². The highest BCUT2D eigenvalue weighted by molar-refractivity contribution is 5.63. The number of anilines is 2. The van der Waals surface area contributed by atoms with Gasteiger partial charge in [0.25, 0.3) is 0 Å². The molecule has 1 aromatic heterocycles. The van der Waals surface area contributed by atoms with E-state index in [2.05, 4.69) is 10.3 Å². The van der Waals surface area contributed by atoms with Crippen LogP contribution in [0.2, 0.25) is 0 Å². The standard InChI is InChI=1S/C14H20N4O/c15-6-10-5-13(16)14(17-7-10)18-8-11-3-1-2-4-12(11)9-19/h5,7,11-12,19H,1-4,8-9,16H2,(H,17,18). The molecule has 2 rings (SSSR count). The normalized spacial score (nSPS) is 22.7. The fourth-order valence-electron chi connectivity index (χ4n) is 2.71. The minimum absolute atomic E-state index is 0.253. The monoisotopic (exact) mass is 260 g/mol. The van der Waals surface area contributed by atoms with Gasteiger partial charge in [0.15, 0.2) is 0 Å². The minimum Gasteiger partial charge on any atom is -0.396 e. The fourth-order valence-corrected chi connectivity index (χ4v) is 2.71. The lowest BCUT2D eigenvalue weighted by atomic mass is 9.79. The molecule has 1 aliphatic carbocycles. The summed E-state index contributed by atoms with van der Waals surface area (Å²) in [7, 11) is 0. The van der Waals surface area contributed by atoms with E-state index in [9.17, 15) is 5.11 Å². The number of nitriles is 1. The first-order valence-electron chi connectivity index (χ1n) is 6.75. The summed E-state index contributed by atoms with van der Waals surface area (Å²) in [6.07, 6.45) is 6.18. The highest BCUT2D eigenvalue weighted by Gasteiger charge is 2.24. The van der Waals surface area contributed by atoms with Crippen LogP contribution in [0.25, 0.3) is 0 Å². The molecule has 1 saturated carbocycles. The van der Waals surface area contributed by atoms with Gasteiger partial charge in [-0.25, -0.2) is 4.98 Å². The maximum atomic E-state index is 9.38. The van der Waals surface area contributed by atoms with Crippen LogP contribution in [0.3, 0.4) is 0 Å². The minimum atomic E-state index is 0.253. The molecule has 2 atom stereocenters. The van der Waals surface area contributed by atoms with Crippen LogP contribution < -0.4 is 11.1 Å². The summed E-state index contributed by atoms with van der Waals surface area (Å²) >= 11 is 0. The molecule has 1 aromatic rings. The first-order chi connectivity index (χ1) is 9.24. The molecule has 0 aliphatic heterocycles. The Morgan fingerprint density at radius 1 is 1.42 bits per heavy atom. The van der Waals surface area contributed by atoms with Gasteiger partial charge in [-0.2, -0.15) is 5.26 Å². The Bertz CT molecular complexity index is 469. The number of aliphatic hydroxyl groups is 1. The summed E-state index contributed by atoms with van der Waals surface area (Å²) < 4.78 is 0. The maximum Gasteiger partial charge on any atom is 0.149 e. The largest absolute Gasteiger partial charge is 0.396 e. The van der Waals surface area contributed by atoms with Crippen LogP contribution in [-0.4, -0.2) is 23.2 Å². The van der Waals surface area contributed by atoms with Gasteiger partial charge < -0.3 is 16.2 Å². The number of nitrogen functional groups attached to an aromatic ring is 1. The molecule has 19 heavy (non-hydrogen) atoms. The first kappa shape index (κ1) is 13.6. The molecule has 0 aromatic carbocycles. The Balaban J connectivity index is 1.96. The predicted octanol–water partition coefficient (Wildman–Crippen LogP) is 1.75. The van der Waals surface area contributed by atoms with Crippen molar-refractivity contribution < 1.29 is 5.11 Å². The van der Waals surface area contributed by atoms with Gasteiger partial charge in [0.1, 0.15) is 11.9 Å². The van der Waals surface area contributed by atoms with E-state index >= 15 is 0 Å². The number of aliphatic hydroxyl groups excluding tert-OH is 1. The summed E-state index contributed by atoms with van der Waals surface area (Å²) in [6.45, 7) is 1.02. The quantitative estimate of drug-likeness (QED) is 0.766. The second kappa shape index (κ2) is 6.39. The number of pyridine rings is 1. The summed E-state index contributed by atoms with van der Waals surface area (Å²) in [5.74, 6) is 1.47. The van der Waals surface area contributed by atoms with Crippen LogP contribution >= 0.6 is 0 Å². The van der Waals surface area contributed by atoms with Gasteiger partial charge in [0.05, 0.1) is 11.3 Å². The molecule has 0 saturated heterocycles. The highest BCUT2D eigenvalue weighted by atomic mass is 16.3. The fraction of sp³-hybridized carbons (Fsp3) is 0.571. The second-order valence-electron chi connectivity index (χ2n) is 5.14. The molecule has 5 heteroatoms. The zero-order chi connectivity index (χ0) is 13.7. The van der Waals surface area contributed by atoms with E-state index in [0.29, 0.717) is 28.9 Å². The second-order valence-corrected chi connectivity index (χ2v) is 5.14. The van der Waals surface area contributed by atoms with E-state index in [-0.39, 0.29) is 6.61 Å². The molecule has 2 unspecified atom stereocenters. The Labute approximate surface area is 113 Å². The highest BCUT2D eigenvalue weighted by Crippen LogP contribution is 2.30. The first-order valence-corrected chi connectivity index (χ1v) is 6.75. The lowest BCUT2D eigenvalue weighted by molar-refractivity contribution is 0.141. The number of nitrogens with one attached hydrogen (secondary N) is 1. The predicted molar refractivity (Wildman–Crippen MR) is 74.4 cm³/mol. The molecule has 1 aliphatic rings. The van der Waals surface area contributed by atoms with E-state index in [1.807, 2.05) is 6.07 Å². The van der Waals surface area contributed by atoms with Crippen LogP contribution in [0.15, 0.2) is 12.3 Å². The molecule has 0 radical (unpaired) electrons. The molecular weight excluding hydrogens is 240 g/mol. The third kappa shape index (κ3) is 3.36. The third-order valence-electron chi connectivity index (χ3n) is 3.88. The van der Waals surface area contributed by atoms with Gasteiger partial charge in [0, 0.05) is 19.3 Å². The Morgan fingerprint density at radius 3 is 2.79 bits per heavy atom. The van der Waals surface area contributed by atoms with Gasteiger partial charge in [-0.05, 0) is 30.7 Å². The van der Waals surface area contributed by atoms with Crippen molar-refractivity contribution in [1.29, 1.82) is 5.26 Å². The van der Waals surface area contributed by atoms with Gasteiger partial charge in [0.2, 0.25) is 0 Å². The van der Waals surface area contributed by atoms with Crippen molar-refractivity contribution in [2.24, 2.45) is 11.8 Å². The van der Waals surface area contributed by atoms with Crippen LogP contribution in [-0.2, 0) is 0 Å². The van der Waals surface area contributed by atoms with Crippen LogP contribution in [0.5, 0.6) is 0 Å². The zero-order valence-electron chi connectivity index (χ0n) is 11.0. The average Bonchev–Trinajstić information content (AvgIpc) is 2.46. The molecule has 4 N–H and O–H groups in total. The van der Waals surface area contributed by atoms with Gasteiger partial charge >= 0.3 is 0 Å². The Hall–Kier alpha value is -1.80. The van der Waals surface area contributed by atoms with Crippen molar-refractivity contribution >= 4 is 11.5 Å². The van der Waals surface area contributed by atoms with Crippen LogP contribution in [0.4, 0.5) is 11.5 Å². The van der Waals surface area contributed by atoms with Gasteiger partial charge in [-0.15, -0.1) is 0 Å². The average molecular weight is 260 g/mol. The van der Waals surface area contributed by atoms with Crippen molar-refractivity contribution in [3.8, 4) is 6.07 Å². The van der Waals surface area contributed by atoms with Crippen molar-refractivity contribution in [2.75, 3.05) is 24.2 Å². The van der Waals surface area contributed by atoms with Crippen molar-refractivity contribution in [3.05, 3.63) is 17.8 Å². The van der Waals surface area contributed by atoms with E-state index < -0.39 is 0 Å². The van der Waals surface area contributed by atoms with Crippen molar-refractivity contribution in [2.45, 2.75) is 25.7 Å². The Morgan fingerprint density at radius 2 is 2.16 bits per heavy atom. The van der Waals surface area contributed by atoms with Crippen LogP contribution in [0.1, 0.15) is 31.2 Å². The zero-order valence-corrected chi connectivity index (χ0v) is 11.0. The SMILES string of the molecule is N#Cc1cnc(NCC2CCCCC2CO)c(N)c1. The molecule has 0 amide bonds. The number of hydrogen-bond acceptors (Lipinski definition) is 5. The summed E-state index contributed by atoms with van der Waals surface area (Å²) in [4.78, 5) is 4.16. The van der Waals surface area contributed by atoms with Crippen LogP contribution in [0, 0.1) is 23.2 Å². The van der Waals surface area contributed by atoms with Crippen molar-refractivity contribution in [3.63, 3.8) is 0 Å². The number of nitrogens with zero attached hydrogens (tertiary/aromatic N) is 2. The molecule has 1 heterocycles. The molecule has 102 valence electrons. The number of aromatic nitrogens is 1. The number of nitrogens with two attached hydrogens (primary N) is 1. The lowest BCUT2D eigenvalue weighted by Gasteiger charge is -2.30. The maximum absolute atomic E-state index is 9.38. The lowest BCUT2D eigenvalue weighted by Crippen LogP contribution is -2.29. The summed E-state index contributed by atoms with van der Waals surface area (Å²) in [6, 6.07) is 3.64. The summed E-state index contributed by atoms with van der Waals surface area (Å²) in [5, 5.41) is 21.4. The molecule has 0 spiro atoms. The van der Waals surface area contributed by atoms with E-state index in [0.717, 1.165) is 19.4 Å². The smallest absolute Gasteiger partial charge is 0.149 e. The molecule has 5 nitrogen and oxygen atoms in total. The van der Waals surface area contributed by atoms with Crippen molar-refractivity contribution in [1.82, 2.24) is 4.98 Å². The topological polar surface area (TPSA) is 95.0 Å². The Kier molecular flexibility index (Phi) is 4.58. The molecule has 0 bridgehead atoms. The van der Waals surface area contributed by atoms with E-state index in [4.69, 9.17) is 11.0 Å². The number of rotatable bonds is 4. The third-order valence-corrected chi connectivity index (χ3v) is 3.88.